The van der Waals surface area contributed by atoms with E-state index in [0.29, 0.717) is 46.0 Å². The molecule has 0 saturated heterocycles. The van der Waals surface area contributed by atoms with E-state index in [1.165, 1.54) is 23.9 Å². The van der Waals surface area contributed by atoms with Gasteiger partial charge in [0.1, 0.15) is 15.7 Å². The third-order valence-electron chi connectivity index (χ3n) is 6.49. The monoisotopic (exact) mass is 525 g/mol. The summed E-state index contributed by atoms with van der Waals surface area (Å²) in [6.07, 6.45) is 4.32. The third kappa shape index (κ3) is 4.85. The number of fused-ring (bicyclic) bond motifs is 1. The number of pyridine rings is 1. The molecule has 1 fully saturated rings. The van der Waals surface area contributed by atoms with Crippen molar-refractivity contribution in [1.29, 1.82) is 0 Å². The summed E-state index contributed by atoms with van der Waals surface area (Å²) in [7, 11) is -1.99. The van der Waals surface area contributed by atoms with Gasteiger partial charge in [0.2, 0.25) is 0 Å². The van der Waals surface area contributed by atoms with Crippen LogP contribution in [0, 0.1) is 5.82 Å². The number of methoxy groups -OCH3 is 1. The molecule has 4 aromatic rings. The summed E-state index contributed by atoms with van der Waals surface area (Å²) in [5.41, 5.74) is 2.04. The van der Waals surface area contributed by atoms with Gasteiger partial charge in [0, 0.05) is 29.6 Å². The highest BCUT2D eigenvalue weighted by Crippen LogP contribution is 2.38. The maximum Gasteiger partial charge on any atom is 0.331 e. The highest BCUT2D eigenvalue weighted by molar-refractivity contribution is 7.90. The number of halogens is 1. The number of ether oxygens (including phenoxy) is 2. The lowest BCUT2D eigenvalue weighted by Crippen LogP contribution is -2.31. The lowest BCUT2D eigenvalue weighted by molar-refractivity contribution is 0.310. The van der Waals surface area contributed by atoms with Gasteiger partial charge >= 0.3 is 5.69 Å². The zero-order valence-corrected chi connectivity index (χ0v) is 21.7. The lowest BCUT2D eigenvalue weighted by Gasteiger charge is -2.20. The van der Waals surface area contributed by atoms with Crippen LogP contribution in [0.15, 0.2) is 59.5 Å². The predicted molar refractivity (Wildman–Crippen MR) is 140 cm³/mol. The maximum atomic E-state index is 14.5. The number of aromatic nitrogens is 3. The van der Waals surface area contributed by atoms with Crippen LogP contribution in [0.4, 0.5) is 4.39 Å². The molecule has 0 spiro atoms. The summed E-state index contributed by atoms with van der Waals surface area (Å²) < 4.78 is 53.9. The van der Waals surface area contributed by atoms with Gasteiger partial charge in [-0.05, 0) is 49.6 Å². The second kappa shape index (κ2) is 9.66. The molecular weight excluding hydrogens is 497 g/mol. The smallest absolute Gasteiger partial charge is 0.331 e. The van der Waals surface area contributed by atoms with E-state index < -0.39 is 15.9 Å². The van der Waals surface area contributed by atoms with Gasteiger partial charge in [-0.2, -0.15) is 0 Å². The SMILES string of the molecule is CCOc1cc([C@@H](CS(C)(=O)=O)n2c(=O)n(C3CC3)c3cc(-c4ccccc4F)cnc32)ccc1OC. The fourth-order valence-corrected chi connectivity index (χ4v) is 5.62. The minimum Gasteiger partial charge on any atom is -0.493 e. The number of hydrogen-bond acceptors (Lipinski definition) is 6. The Labute approximate surface area is 214 Å². The van der Waals surface area contributed by atoms with Crippen LogP contribution in [-0.4, -0.2) is 48.3 Å². The minimum absolute atomic E-state index is 0.0114. The van der Waals surface area contributed by atoms with Crippen molar-refractivity contribution in [3.05, 3.63) is 76.6 Å². The molecule has 2 aromatic carbocycles. The Morgan fingerprint density at radius 3 is 2.54 bits per heavy atom. The van der Waals surface area contributed by atoms with Crippen LogP contribution in [0.1, 0.15) is 37.4 Å². The summed E-state index contributed by atoms with van der Waals surface area (Å²) >= 11 is 0. The molecule has 1 aliphatic carbocycles. The molecule has 2 aromatic heterocycles. The van der Waals surface area contributed by atoms with E-state index >= 15 is 0 Å². The predicted octanol–water partition coefficient (Wildman–Crippen LogP) is 4.38. The quantitative estimate of drug-likeness (QED) is 0.322. The standard InChI is InChI=1S/C27H28FN3O5S/c1-4-36-25-14-17(9-12-24(25)35-2)23(16-37(3,33)34)31-26-22(30(27(31)32)19-10-11-19)13-18(15-29-26)20-7-5-6-8-21(20)28/h5-9,12-15,19,23H,4,10-11,16H2,1-3H3/t23-/m1/s1. The number of hydrogen-bond donors (Lipinski definition) is 0. The van der Waals surface area contributed by atoms with Gasteiger partial charge < -0.3 is 9.47 Å². The average Bonchev–Trinajstić information content (AvgIpc) is 3.65. The molecule has 0 bridgehead atoms. The van der Waals surface area contributed by atoms with Gasteiger partial charge in [-0.1, -0.05) is 24.3 Å². The van der Waals surface area contributed by atoms with Crippen molar-refractivity contribution < 1.29 is 22.3 Å². The Kier molecular flexibility index (Phi) is 6.53. The van der Waals surface area contributed by atoms with E-state index in [1.807, 2.05) is 6.92 Å². The minimum atomic E-state index is -3.52. The Morgan fingerprint density at radius 1 is 1.14 bits per heavy atom. The second-order valence-electron chi connectivity index (χ2n) is 9.25. The van der Waals surface area contributed by atoms with Gasteiger partial charge in [-0.3, -0.25) is 9.13 Å². The number of rotatable bonds is 9. The molecule has 1 aliphatic rings. The molecule has 194 valence electrons. The number of nitrogens with zero attached hydrogens (tertiary/aromatic N) is 3. The van der Waals surface area contributed by atoms with Crippen LogP contribution in [-0.2, 0) is 9.84 Å². The highest BCUT2D eigenvalue weighted by Gasteiger charge is 2.33. The second-order valence-corrected chi connectivity index (χ2v) is 11.4. The molecule has 0 radical (unpaired) electrons. The average molecular weight is 526 g/mol. The Bertz CT molecular complexity index is 1640. The molecule has 0 N–H and O–H groups in total. The molecule has 0 amide bonds. The number of sulfone groups is 1. The maximum absolute atomic E-state index is 14.5. The van der Waals surface area contributed by atoms with Crippen LogP contribution in [0.3, 0.4) is 0 Å². The molecule has 1 saturated carbocycles. The van der Waals surface area contributed by atoms with Gasteiger partial charge in [-0.25, -0.2) is 22.6 Å². The zero-order chi connectivity index (χ0) is 26.3. The lowest BCUT2D eigenvalue weighted by atomic mass is 10.1. The molecule has 0 unspecified atom stereocenters. The van der Waals surface area contributed by atoms with Crippen LogP contribution >= 0.6 is 0 Å². The van der Waals surface area contributed by atoms with Crippen molar-refractivity contribution in [3.63, 3.8) is 0 Å². The molecule has 37 heavy (non-hydrogen) atoms. The molecule has 10 heteroatoms. The number of benzene rings is 2. The molecule has 8 nitrogen and oxygen atoms in total. The van der Waals surface area contributed by atoms with Gasteiger partial charge in [0.05, 0.1) is 31.0 Å². The molecule has 0 aliphatic heterocycles. The van der Waals surface area contributed by atoms with Crippen LogP contribution < -0.4 is 15.2 Å². The van der Waals surface area contributed by atoms with E-state index in [-0.39, 0.29) is 23.3 Å². The molecule has 2 heterocycles. The van der Waals surface area contributed by atoms with Gasteiger partial charge in [0.25, 0.3) is 0 Å². The van der Waals surface area contributed by atoms with Crippen molar-refractivity contribution in [2.24, 2.45) is 0 Å². The largest absolute Gasteiger partial charge is 0.493 e. The van der Waals surface area contributed by atoms with Crippen molar-refractivity contribution in [2.75, 3.05) is 25.7 Å². The number of imidazole rings is 1. The normalized spacial score (nSPS) is 14.6. The van der Waals surface area contributed by atoms with E-state index in [1.54, 1.807) is 47.0 Å². The van der Waals surface area contributed by atoms with Crippen molar-refractivity contribution in [3.8, 4) is 22.6 Å². The first-order chi connectivity index (χ1) is 17.7. The van der Waals surface area contributed by atoms with Crippen LogP contribution in [0.25, 0.3) is 22.3 Å². The van der Waals surface area contributed by atoms with Crippen molar-refractivity contribution in [2.45, 2.75) is 31.8 Å². The van der Waals surface area contributed by atoms with Crippen LogP contribution in [0.2, 0.25) is 0 Å². The molecule has 5 rings (SSSR count). The summed E-state index contributed by atoms with van der Waals surface area (Å²) in [5, 5.41) is 0. The fourth-order valence-electron chi connectivity index (χ4n) is 4.70. The van der Waals surface area contributed by atoms with E-state index in [0.717, 1.165) is 19.1 Å². The van der Waals surface area contributed by atoms with Crippen molar-refractivity contribution >= 4 is 21.0 Å². The topological polar surface area (TPSA) is 92.4 Å². The van der Waals surface area contributed by atoms with Gasteiger partial charge in [-0.15, -0.1) is 0 Å². The zero-order valence-electron chi connectivity index (χ0n) is 20.8. The Balaban J connectivity index is 1.75. The van der Waals surface area contributed by atoms with E-state index in [2.05, 4.69) is 4.98 Å². The Hall–Kier alpha value is -3.66. The first-order valence-corrected chi connectivity index (χ1v) is 14.1. The van der Waals surface area contributed by atoms with E-state index in [9.17, 15) is 17.6 Å². The van der Waals surface area contributed by atoms with E-state index in [4.69, 9.17) is 9.47 Å². The first-order valence-electron chi connectivity index (χ1n) is 12.1. The van der Waals surface area contributed by atoms with Gasteiger partial charge in [0.15, 0.2) is 17.1 Å². The Morgan fingerprint density at radius 2 is 1.89 bits per heavy atom. The van der Waals surface area contributed by atoms with Crippen molar-refractivity contribution in [1.82, 2.24) is 14.1 Å². The summed E-state index contributed by atoms with van der Waals surface area (Å²) in [6.45, 7) is 2.23. The summed E-state index contributed by atoms with van der Waals surface area (Å²) in [6, 6.07) is 12.4. The summed E-state index contributed by atoms with van der Waals surface area (Å²) in [4.78, 5) is 18.5. The highest BCUT2D eigenvalue weighted by atomic mass is 32.2. The molecular formula is C27H28FN3O5S. The first kappa shape index (κ1) is 25.0. The summed E-state index contributed by atoms with van der Waals surface area (Å²) in [5.74, 6) is 0.254. The molecule has 1 atom stereocenters. The fraction of sp³-hybridized carbons (Fsp3) is 0.333. The van der Waals surface area contributed by atoms with Crippen LogP contribution in [0.5, 0.6) is 11.5 Å². The third-order valence-corrected chi connectivity index (χ3v) is 7.41.